The lowest BCUT2D eigenvalue weighted by Crippen LogP contribution is -2.56. The van der Waals surface area contributed by atoms with Crippen molar-refractivity contribution in [3.05, 3.63) is 47.7 Å². The van der Waals surface area contributed by atoms with Gasteiger partial charge >= 0.3 is 0 Å². The molecule has 8 heteroatoms. The van der Waals surface area contributed by atoms with Gasteiger partial charge < -0.3 is 15.6 Å². The van der Waals surface area contributed by atoms with Crippen molar-refractivity contribution in [1.29, 1.82) is 0 Å². The van der Waals surface area contributed by atoms with Crippen molar-refractivity contribution in [3.8, 4) is 0 Å². The molecular formula is C21H29N7O. The molecule has 3 N–H and O–H groups in total. The van der Waals surface area contributed by atoms with Gasteiger partial charge in [-0.2, -0.15) is 4.98 Å². The van der Waals surface area contributed by atoms with Gasteiger partial charge in [0.25, 0.3) is 0 Å². The first-order chi connectivity index (χ1) is 14.1. The summed E-state index contributed by atoms with van der Waals surface area (Å²) in [5, 5.41) is 2.71. The maximum atomic E-state index is 12.1. The summed E-state index contributed by atoms with van der Waals surface area (Å²) in [5.41, 5.74) is 8.22. The molecule has 1 aromatic carbocycles. The van der Waals surface area contributed by atoms with Crippen LogP contribution in [0.4, 0.5) is 11.8 Å². The van der Waals surface area contributed by atoms with Gasteiger partial charge in [0.2, 0.25) is 11.9 Å². The summed E-state index contributed by atoms with van der Waals surface area (Å²) in [5.74, 6) is 1.83. The fourth-order valence-electron chi connectivity index (χ4n) is 3.13. The SMILES string of the molecule is CCCNNC(C)=Nc1cc(Cc2ccccc2)nc(N2CC[C@H]2C(=O)NC)n1. The van der Waals surface area contributed by atoms with E-state index in [0.29, 0.717) is 18.2 Å². The third kappa shape index (κ3) is 5.51. The number of rotatable bonds is 8. The number of aliphatic imine (C=N–C) groups is 1. The first-order valence-corrected chi connectivity index (χ1v) is 10.0. The highest BCUT2D eigenvalue weighted by Crippen LogP contribution is 2.26. The average molecular weight is 396 g/mol. The van der Waals surface area contributed by atoms with Crippen LogP contribution in [-0.2, 0) is 11.2 Å². The van der Waals surface area contributed by atoms with E-state index in [-0.39, 0.29) is 11.9 Å². The van der Waals surface area contributed by atoms with Gasteiger partial charge in [0.15, 0.2) is 5.82 Å². The van der Waals surface area contributed by atoms with Gasteiger partial charge in [-0.15, -0.1) is 0 Å². The maximum Gasteiger partial charge on any atom is 0.242 e. The zero-order chi connectivity index (χ0) is 20.6. The Labute approximate surface area is 171 Å². The number of carbonyl (C=O) groups is 1. The molecule has 0 unspecified atom stereocenters. The van der Waals surface area contributed by atoms with Crippen molar-refractivity contribution in [3.63, 3.8) is 0 Å². The number of likely N-dealkylation sites (N-methyl/N-ethyl adjacent to an activating group) is 1. The fourth-order valence-corrected chi connectivity index (χ4v) is 3.13. The molecule has 1 aliphatic heterocycles. The minimum atomic E-state index is -0.228. The number of nitrogens with zero attached hydrogens (tertiary/aromatic N) is 4. The Hall–Kier alpha value is -3.00. The number of amides is 1. The van der Waals surface area contributed by atoms with E-state index in [2.05, 4.69) is 45.2 Å². The second kappa shape index (κ2) is 9.97. The van der Waals surface area contributed by atoms with E-state index in [0.717, 1.165) is 43.0 Å². The number of nitrogens with one attached hydrogen (secondary N) is 3. The number of benzene rings is 1. The van der Waals surface area contributed by atoms with Gasteiger partial charge in [-0.1, -0.05) is 37.3 Å². The molecule has 1 aromatic heterocycles. The molecule has 2 aromatic rings. The number of hydrogen-bond acceptors (Lipinski definition) is 6. The van der Waals surface area contributed by atoms with E-state index in [4.69, 9.17) is 4.98 Å². The van der Waals surface area contributed by atoms with E-state index in [9.17, 15) is 4.79 Å². The second-order valence-corrected chi connectivity index (χ2v) is 7.04. The molecule has 0 radical (unpaired) electrons. The Bertz CT molecular complexity index is 853. The molecular weight excluding hydrogens is 366 g/mol. The second-order valence-electron chi connectivity index (χ2n) is 7.04. The number of hydrogen-bond donors (Lipinski definition) is 3. The van der Waals surface area contributed by atoms with Crippen LogP contribution in [0.1, 0.15) is 37.9 Å². The summed E-state index contributed by atoms with van der Waals surface area (Å²) in [6.45, 7) is 5.59. The highest BCUT2D eigenvalue weighted by atomic mass is 16.2. The van der Waals surface area contributed by atoms with Crippen LogP contribution < -0.4 is 21.1 Å². The standard InChI is InChI=1S/C21H29N7O/c1-4-11-23-27-15(2)24-19-14-17(13-16-8-6-5-7-9-16)25-21(26-19)28-12-10-18(28)20(29)22-3/h5-9,14,18,23H,4,10-13H2,1-3H3,(H,22,29)(H,24,25,26,27)/t18-/m0/s1. The summed E-state index contributed by atoms with van der Waals surface area (Å²) >= 11 is 0. The van der Waals surface area contributed by atoms with Gasteiger partial charge in [-0.05, 0) is 25.3 Å². The number of carbonyl (C=O) groups excluding carboxylic acids is 1. The smallest absolute Gasteiger partial charge is 0.242 e. The molecule has 1 amide bonds. The Morgan fingerprint density at radius 3 is 2.72 bits per heavy atom. The lowest BCUT2D eigenvalue weighted by molar-refractivity contribution is -0.123. The molecule has 0 bridgehead atoms. The van der Waals surface area contributed by atoms with Gasteiger partial charge in [0, 0.05) is 32.6 Å². The summed E-state index contributed by atoms with van der Waals surface area (Å²) < 4.78 is 0. The number of anilines is 1. The van der Waals surface area contributed by atoms with Crippen LogP contribution in [0, 0.1) is 0 Å². The van der Waals surface area contributed by atoms with E-state index < -0.39 is 0 Å². The van der Waals surface area contributed by atoms with Crippen molar-refractivity contribution in [2.75, 3.05) is 25.0 Å². The zero-order valence-electron chi connectivity index (χ0n) is 17.3. The van der Waals surface area contributed by atoms with Crippen molar-refractivity contribution in [1.82, 2.24) is 26.1 Å². The zero-order valence-corrected chi connectivity index (χ0v) is 17.3. The van der Waals surface area contributed by atoms with E-state index >= 15 is 0 Å². The van der Waals surface area contributed by atoms with E-state index in [1.165, 1.54) is 0 Å². The van der Waals surface area contributed by atoms with Gasteiger partial charge in [0.1, 0.15) is 11.9 Å². The Kier molecular flexibility index (Phi) is 7.13. The molecule has 3 rings (SSSR count). The Morgan fingerprint density at radius 2 is 2.07 bits per heavy atom. The van der Waals surface area contributed by atoms with Crippen LogP contribution in [0.15, 0.2) is 41.4 Å². The summed E-state index contributed by atoms with van der Waals surface area (Å²) in [7, 11) is 1.65. The van der Waals surface area contributed by atoms with Gasteiger partial charge in [-0.25, -0.2) is 15.4 Å². The lowest BCUT2D eigenvalue weighted by Gasteiger charge is -2.39. The normalized spacial score (nSPS) is 16.3. The highest BCUT2D eigenvalue weighted by Gasteiger charge is 2.35. The van der Waals surface area contributed by atoms with Gasteiger partial charge in [0.05, 0.1) is 5.69 Å². The molecule has 2 heterocycles. The molecule has 1 atom stereocenters. The predicted octanol–water partition coefficient (Wildman–Crippen LogP) is 1.95. The minimum absolute atomic E-state index is 0.0139. The van der Waals surface area contributed by atoms with Crippen LogP contribution in [0.3, 0.4) is 0 Å². The van der Waals surface area contributed by atoms with Crippen LogP contribution in [0.2, 0.25) is 0 Å². The van der Waals surface area contributed by atoms with Crippen LogP contribution in [0.25, 0.3) is 0 Å². The molecule has 0 aliphatic carbocycles. The van der Waals surface area contributed by atoms with Crippen LogP contribution in [-0.4, -0.2) is 47.9 Å². The maximum absolute atomic E-state index is 12.1. The summed E-state index contributed by atoms with van der Waals surface area (Å²) in [6.07, 6.45) is 2.50. The minimum Gasteiger partial charge on any atom is -0.357 e. The van der Waals surface area contributed by atoms with Crippen molar-refractivity contribution in [2.45, 2.75) is 39.2 Å². The predicted molar refractivity (Wildman–Crippen MR) is 115 cm³/mol. The van der Waals surface area contributed by atoms with Crippen molar-refractivity contribution >= 4 is 23.5 Å². The number of amidine groups is 1. The van der Waals surface area contributed by atoms with Crippen molar-refractivity contribution < 1.29 is 4.79 Å². The first-order valence-electron chi connectivity index (χ1n) is 10.0. The average Bonchev–Trinajstić information content (AvgIpc) is 2.68. The molecule has 0 saturated carbocycles. The lowest BCUT2D eigenvalue weighted by atomic mass is 10.0. The Morgan fingerprint density at radius 1 is 1.28 bits per heavy atom. The monoisotopic (exact) mass is 395 g/mol. The Balaban J connectivity index is 1.87. The third-order valence-electron chi connectivity index (χ3n) is 4.73. The van der Waals surface area contributed by atoms with Gasteiger partial charge in [-0.3, -0.25) is 4.79 Å². The molecule has 0 spiro atoms. The number of aromatic nitrogens is 2. The highest BCUT2D eigenvalue weighted by molar-refractivity contribution is 5.86. The molecule has 154 valence electrons. The quantitative estimate of drug-likeness (QED) is 0.274. The third-order valence-corrected chi connectivity index (χ3v) is 4.73. The first kappa shape index (κ1) is 20.7. The topological polar surface area (TPSA) is 94.5 Å². The molecule has 1 saturated heterocycles. The fraction of sp³-hybridized carbons (Fsp3) is 0.429. The van der Waals surface area contributed by atoms with E-state index in [1.807, 2.05) is 36.1 Å². The summed E-state index contributed by atoms with van der Waals surface area (Å²) in [6, 6.07) is 11.8. The van der Waals surface area contributed by atoms with E-state index in [1.54, 1.807) is 7.05 Å². The van der Waals surface area contributed by atoms with Crippen LogP contribution >= 0.6 is 0 Å². The summed E-state index contributed by atoms with van der Waals surface area (Å²) in [4.78, 5) is 28.0. The largest absolute Gasteiger partial charge is 0.357 e. The van der Waals surface area contributed by atoms with Crippen LogP contribution in [0.5, 0.6) is 0 Å². The molecule has 8 nitrogen and oxygen atoms in total. The van der Waals surface area contributed by atoms with Crippen molar-refractivity contribution in [2.24, 2.45) is 4.99 Å². The number of hydrazine groups is 1. The molecule has 29 heavy (non-hydrogen) atoms. The molecule has 1 aliphatic rings. The molecule has 1 fully saturated rings.